The molecule has 0 saturated carbocycles. The van der Waals surface area contributed by atoms with E-state index in [1.165, 1.54) is 12.1 Å². The van der Waals surface area contributed by atoms with Gasteiger partial charge in [-0.05, 0) is 24.3 Å². The van der Waals surface area contributed by atoms with E-state index in [0.717, 1.165) is 12.1 Å². The maximum Gasteiger partial charge on any atom is 0.573 e. The van der Waals surface area contributed by atoms with Crippen molar-refractivity contribution in [3.63, 3.8) is 0 Å². The normalized spacial score (nSPS) is 14.7. The Morgan fingerprint density at radius 3 is 2.55 bits per heavy atom. The van der Waals surface area contributed by atoms with E-state index in [1.54, 1.807) is 4.90 Å². The molecule has 22 heavy (non-hydrogen) atoms. The molecular weight excluding hydrogens is 303 g/mol. The average Bonchev–Trinajstić information content (AvgIpc) is 2.83. The van der Waals surface area contributed by atoms with Crippen molar-refractivity contribution < 1.29 is 27.5 Å². The van der Waals surface area contributed by atoms with E-state index in [1.807, 2.05) is 0 Å². The van der Waals surface area contributed by atoms with Crippen LogP contribution in [0.1, 0.15) is 10.4 Å². The second kappa shape index (κ2) is 6.54. The van der Waals surface area contributed by atoms with Gasteiger partial charge in [0, 0.05) is 31.7 Å². The van der Waals surface area contributed by atoms with Gasteiger partial charge < -0.3 is 20.3 Å². The molecule has 1 aliphatic rings. The fraction of sp³-hybridized carbons (Fsp3) is 0.385. The first-order valence-corrected chi connectivity index (χ1v) is 6.52. The van der Waals surface area contributed by atoms with Crippen LogP contribution in [0.4, 0.5) is 18.0 Å². The van der Waals surface area contributed by atoms with Crippen LogP contribution in [-0.4, -0.2) is 49.4 Å². The molecule has 0 radical (unpaired) electrons. The molecule has 120 valence electrons. The lowest BCUT2D eigenvalue weighted by atomic mass is 10.2. The van der Waals surface area contributed by atoms with E-state index in [2.05, 4.69) is 15.4 Å². The minimum absolute atomic E-state index is 0.178. The lowest BCUT2D eigenvalue weighted by Gasteiger charge is -2.14. The number of halogens is 3. The summed E-state index contributed by atoms with van der Waals surface area (Å²) in [5, 5.41) is 5.22. The summed E-state index contributed by atoms with van der Waals surface area (Å²) in [6.07, 6.45) is -4.76. The molecule has 1 aromatic carbocycles. The lowest BCUT2D eigenvalue weighted by molar-refractivity contribution is -0.274. The molecule has 1 saturated heterocycles. The highest BCUT2D eigenvalue weighted by molar-refractivity contribution is 5.94. The van der Waals surface area contributed by atoms with Crippen molar-refractivity contribution in [1.82, 2.24) is 15.5 Å². The van der Waals surface area contributed by atoms with Crippen LogP contribution in [0.2, 0.25) is 0 Å². The number of alkyl halides is 3. The molecule has 1 fully saturated rings. The summed E-state index contributed by atoms with van der Waals surface area (Å²) >= 11 is 0. The Hall–Kier alpha value is -2.45. The number of carbonyl (C=O) groups excluding carboxylic acids is 2. The maximum absolute atomic E-state index is 12.0. The number of rotatable bonds is 5. The Morgan fingerprint density at radius 2 is 2.00 bits per heavy atom. The van der Waals surface area contributed by atoms with Crippen LogP contribution in [0, 0.1) is 0 Å². The second-order valence-corrected chi connectivity index (χ2v) is 4.55. The molecule has 0 aromatic heterocycles. The van der Waals surface area contributed by atoms with Gasteiger partial charge in [-0.3, -0.25) is 4.79 Å². The predicted octanol–water partition coefficient (Wildman–Crippen LogP) is 1.34. The molecule has 0 spiro atoms. The first-order chi connectivity index (χ1) is 10.3. The number of nitrogens with one attached hydrogen (secondary N) is 2. The van der Waals surface area contributed by atoms with Crippen molar-refractivity contribution in [2.45, 2.75) is 6.36 Å². The second-order valence-electron chi connectivity index (χ2n) is 4.55. The van der Waals surface area contributed by atoms with E-state index < -0.39 is 18.0 Å². The number of benzene rings is 1. The van der Waals surface area contributed by atoms with Crippen LogP contribution in [0.15, 0.2) is 24.3 Å². The SMILES string of the molecule is O=C(NCCN1CCNC1=O)c1ccc(OC(F)(F)F)cc1. The highest BCUT2D eigenvalue weighted by Crippen LogP contribution is 2.22. The first-order valence-electron chi connectivity index (χ1n) is 6.52. The maximum atomic E-state index is 12.0. The van der Waals surface area contributed by atoms with Crippen LogP contribution < -0.4 is 15.4 Å². The topological polar surface area (TPSA) is 70.7 Å². The van der Waals surface area contributed by atoms with Gasteiger partial charge in [-0.25, -0.2) is 4.79 Å². The Labute approximate surface area is 124 Å². The number of amides is 3. The fourth-order valence-corrected chi connectivity index (χ4v) is 1.94. The van der Waals surface area contributed by atoms with Gasteiger partial charge in [0.05, 0.1) is 0 Å². The summed E-state index contributed by atoms with van der Waals surface area (Å²) in [7, 11) is 0. The third-order valence-corrected chi connectivity index (χ3v) is 2.96. The highest BCUT2D eigenvalue weighted by atomic mass is 19.4. The van der Waals surface area contributed by atoms with E-state index in [9.17, 15) is 22.8 Å². The molecule has 2 N–H and O–H groups in total. The summed E-state index contributed by atoms with van der Waals surface area (Å²) in [5.74, 6) is -0.823. The summed E-state index contributed by atoms with van der Waals surface area (Å²) in [6.45, 7) is 1.78. The van der Waals surface area contributed by atoms with Crippen molar-refractivity contribution in [3.05, 3.63) is 29.8 Å². The molecule has 3 amide bonds. The number of hydrogen-bond acceptors (Lipinski definition) is 3. The van der Waals surface area contributed by atoms with E-state index in [0.29, 0.717) is 19.6 Å². The number of carbonyl (C=O) groups is 2. The fourth-order valence-electron chi connectivity index (χ4n) is 1.94. The third kappa shape index (κ3) is 4.54. The zero-order valence-electron chi connectivity index (χ0n) is 11.4. The Morgan fingerprint density at radius 1 is 1.32 bits per heavy atom. The van der Waals surface area contributed by atoms with E-state index in [-0.39, 0.29) is 18.1 Å². The van der Waals surface area contributed by atoms with Gasteiger partial charge in [0.15, 0.2) is 0 Å². The number of ether oxygens (including phenoxy) is 1. The zero-order chi connectivity index (χ0) is 16.2. The van der Waals surface area contributed by atoms with E-state index >= 15 is 0 Å². The van der Waals surface area contributed by atoms with Gasteiger partial charge in [0.25, 0.3) is 5.91 Å². The summed E-state index contributed by atoms with van der Waals surface area (Å²) < 4.78 is 39.7. The van der Waals surface area contributed by atoms with Gasteiger partial charge in [0.1, 0.15) is 5.75 Å². The molecule has 2 rings (SSSR count). The van der Waals surface area contributed by atoms with Gasteiger partial charge in [0.2, 0.25) is 0 Å². The Balaban J connectivity index is 1.81. The van der Waals surface area contributed by atoms with Crippen molar-refractivity contribution in [2.24, 2.45) is 0 Å². The van der Waals surface area contributed by atoms with Crippen LogP contribution in [0.5, 0.6) is 5.75 Å². The number of urea groups is 1. The standard InChI is InChI=1S/C13H14F3N3O3/c14-13(15,16)22-10-3-1-9(2-4-10)11(20)17-5-7-19-8-6-18-12(19)21/h1-4H,5-8H2,(H,17,20)(H,18,21). The summed E-state index contributed by atoms with van der Waals surface area (Å²) in [5.41, 5.74) is 0.209. The molecule has 0 aliphatic carbocycles. The quantitative estimate of drug-likeness (QED) is 0.861. The van der Waals surface area contributed by atoms with Crippen molar-refractivity contribution in [3.8, 4) is 5.75 Å². The minimum atomic E-state index is -4.76. The smallest absolute Gasteiger partial charge is 0.406 e. The highest BCUT2D eigenvalue weighted by Gasteiger charge is 2.31. The van der Waals surface area contributed by atoms with Gasteiger partial charge in [-0.1, -0.05) is 0 Å². The zero-order valence-corrected chi connectivity index (χ0v) is 11.4. The van der Waals surface area contributed by atoms with Crippen LogP contribution in [0.3, 0.4) is 0 Å². The number of nitrogens with zero attached hydrogens (tertiary/aromatic N) is 1. The Kier molecular flexibility index (Phi) is 4.74. The van der Waals surface area contributed by atoms with Crippen molar-refractivity contribution in [2.75, 3.05) is 26.2 Å². The number of hydrogen-bond donors (Lipinski definition) is 2. The molecular formula is C13H14F3N3O3. The van der Waals surface area contributed by atoms with Crippen molar-refractivity contribution >= 4 is 11.9 Å². The lowest BCUT2D eigenvalue weighted by Crippen LogP contribution is -2.36. The molecule has 1 aliphatic heterocycles. The van der Waals surface area contributed by atoms with Gasteiger partial charge in [-0.2, -0.15) is 0 Å². The molecule has 0 atom stereocenters. The molecule has 0 bridgehead atoms. The molecule has 1 heterocycles. The Bertz CT molecular complexity index is 546. The van der Waals surface area contributed by atoms with Crippen LogP contribution in [-0.2, 0) is 0 Å². The molecule has 6 nitrogen and oxygen atoms in total. The third-order valence-electron chi connectivity index (χ3n) is 2.96. The molecule has 9 heteroatoms. The first kappa shape index (κ1) is 15.9. The van der Waals surface area contributed by atoms with Crippen molar-refractivity contribution in [1.29, 1.82) is 0 Å². The minimum Gasteiger partial charge on any atom is -0.406 e. The monoisotopic (exact) mass is 317 g/mol. The largest absolute Gasteiger partial charge is 0.573 e. The van der Waals surface area contributed by atoms with Crippen LogP contribution in [0.25, 0.3) is 0 Å². The van der Waals surface area contributed by atoms with E-state index in [4.69, 9.17) is 0 Å². The predicted molar refractivity (Wildman–Crippen MR) is 70.4 cm³/mol. The van der Waals surface area contributed by atoms with Crippen LogP contribution >= 0.6 is 0 Å². The molecule has 1 aromatic rings. The molecule has 0 unspecified atom stereocenters. The van der Waals surface area contributed by atoms with Gasteiger partial charge >= 0.3 is 12.4 Å². The van der Waals surface area contributed by atoms with Gasteiger partial charge in [-0.15, -0.1) is 13.2 Å². The average molecular weight is 317 g/mol. The summed E-state index contributed by atoms with van der Waals surface area (Å²) in [6, 6.07) is 4.42. The summed E-state index contributed by atoms with van der Waals surface area (Å²) in [4.78, 5) is 24.6.